The minimum atomic E-state index is -0.152. The first-order valence-corrected chi connectivity index (χ1v) is 7.33. The summed E-state index contributed by atoms with van der Waals surface area (Å²) in [5.41, 5.74) is 6.63. The fourth-order valence-electron chi connectivity index (χ4n) is 1.80. The van der Waals surface area contributed by atoms with E-state index in [0.29, 0.717) is 19.6 Å². The predicted octanol–water partition coefficient (Wildman–Crippen LogP) is 3.65. The van der Waals surface area contributed by atoms with Crippen LogP contribution in [0.1, 0.15) is 38.7 Å². The number of hydrogen-bond acceptors (Lipinski definition) is 3. The molecule has 106 valence electrons. The fourth-order valence-corrected chi connectivity index (χ4v) is 2.20. The number of rotatable bonds is 7. The van der Waals surface area contributed by atoms with Crippen LogP contribution in [0.15, 0.2) is 28.7 Å². The van der Waals surface area contributed by atoms with Gasteiger partial charge in [-0.2, -0.15) is 0 Å². The fraction of sp³-hybridized carbons (Fsp3) is 0.533. The molecule has 0 aliphatic rings. The summed E-state index contributed by atoms with van der Waals surface area (Å²) >= 11 is 3.43. The molecule has 1 rings (SSSR count). The largest absolute Gasteiger partial charge is 0.461 e. The number of ether oxygens (including phenoxy) is 1. The zero-order chi connectivity index (χ0) is 14.3. The molecule has 0 fully saturated rings. The lowest BCUT2D eigenvalue weighted by Crippen LogP contribution is -2.19. The molecular formula is C15H22BrNO2. The first kappa shape index (κ1) is 16.2. The number of hydrogen-bond donors (Lipinski definition) is 1. The van der Waals surface area contributed by atoms with Gasteiger partial charge in [0.2, 0.25) is 0 Å². The number of esters is 1. The Morgan fingerprint density at radius 3 is 2.63 bits per heavy atom. The van der Waals surface area contributed by atoms with Crippen molar-refractivity contribution in [1.82, 2.24) is 0 Å². The normalized spacial score (nSPS) is 11.4. The van der Waals surface area contributed by atoms with Gasteiger partial charge in [-0.1, -0.05) is 48.0 Å². The van der Waals surface area contributed by atoms with Gasteiger partial charge in [-0.05, 0) is 30.9 Å². The third kappa shape index (κ3) is 6.21. The summed E-state index contributed by atoms with van der Waals surface area (Å²) in [4.78, 5) is 11.7. The van der Waals surface area contributed by atoms with Crippen molar-refractivity contribution in [2.45, 2.75) is 39.7 Å². The van der Waals surface area contributed by atoms with Gasteiger partial charge in [0.25, 0.3) is 0 Å². The Bertz CT molecular complexity index is 418. The Morgan fingerprint density at radius 1 is 1.32 bits per heavy atom. The summed E-state index contributed by atoms with van der Waals surface area (Å²) in [7, 11) is 0. The lowest BCUT2D eigenvalue weighted by molar-refractivity contribution is -0.145. The molecule has 4 heteroatoms. The molecule has 1 aromatic carbocycles. The second kappa shape index (κ2) is 7.65. The van der Waals surface area contributed by atoms with Crippen molar-refractivity contribution in [1.29, 1.82) is 0 Å². The molecule has 0 heterocycles. The summed E-state index contributed by atoms with van der Waals surface area (Å²) in [6.07, 6.45) is 2.17. The number of nitrogens with two attached hydrogens (primary N) is 1. The van der Waals surface area contributed by atoms with Crippen LogP contribution in [0.25, 0.3) is 0 Å². The molecule has 1 aromatic rings. The highest BCUT2D eigenvalue weighted by Gasteiger charge is 2.18. The zero-order valence-corrected chi connectivity index (χ0v) is 13.2. The average Bonchev–Trinajstić information content (AvgIpc) is 2.35. The van der Waals surface area contributed by atoms with Crippen molar-refractivity contribution >= 4 is 21.9 Å². The summed E-state index contributed by atoms with van der Waals surface area (Å²) in [6.45, 7) is 5.22. The molecule has 0 unspecified atom stereocenters. The Labute approximate surface area is 123 Å². The minimum Gasteiger partial charge on any atom is -0.461 e. The molecule has 0 aromatic heterocycles. The SMILES string of the molecule is CC(C)(CCN)CCC(=O)OCc1ccccc1Br. The van der Waals surface area contributed by atoms with Gasteiger partial charge in [0.1, 0.15) is 6.61 Å². The molecule has 0 saturated carbocycles. The lowest BCUT2D eigenvalue weighted by Gasteiger charge is -2.23. The van der Waals surface area contributed by atoms with Gasteiger partial charge in [0.15, 0.2) is 0 Å². The Kier molecular flexibility index (Phi) is 6.52. The predicted molar refractivity (Wildman–Crippen MR) is 80.6 cm³/mol. The van der Waals surface area contributed by atoms with E-state index >= 15 is 0 Å². The third-order valence-corrected chi connectivity index (χ3v) is 3.95. The molecule has 0 aliphatic heterocycles. The van der Waals surface area contributed by atoms with E-state index < -0.39 is 0 Å². The van der Waals surface area contributed by atoms with Crippen LogP contribution in [0.5, 0.6) is 0 Å². The van der Waals surface area contributed by atoms with Gasteiger partial charge in [-0.3, -0.25) is 4.79 Å². The number of carbonyl (C=O) groups is 1. The van der Waals surface area contributed by atoms with Crippen LogP contribution >= 0.6 is 15.9 Å². The maximum absolute atomic E-state index is 11.7. The molecule has 0 saturated heterocycles. The maximum Gasteiger partial charge on any atom is 0.306 e. The van der Waals surface area contributed by atoms with Crippen LogP contribution in [0.4, 0.5) is 0 Å². The maximum atomic E-state index is 11.7. The number of benzene rings is 1. The van der Waals surface area contributed by atoms with Gasteiger partial charge in [-0.25, -0.2) is 0 Å². The molecule has 0 amide bonds. The van der Waals surface area contributed by atoms with E-state index in [9.17, 15) is 4.79 Å². The van der Waals surface area contributed by atoms with Crippen molar-refractivity contribution < 1.29 is 9.53 Å². The summed E-state index contributed by atoms with van der Waals surface area (Å²) in [6, 6.07) is 7.74. The van der Waals surface area contributed by atoms with Gasteiger partial charge >= 0.3 is 5.97 Å². The van der Waals surface area contributed by atoms with Gasteiger partial charge in [-0.15, -0.1) is 0 Å². The Balaban J connectivity index is 2.35. The zero-order valence-electron chi connectivity index (χ0n) is 11.6. The molecule has 0 spiro atoms. The van der Waals surface area contributed by atoms with Crippen LogP contribution in [0.3, 0.4) is 0 Å². The monoisotopic (exact) mass is 327 g/mol. The number of halogens is 1. The van der Waals surface area contributed by atoms with E-state index in [1.54, 1.807) is 0 Å². The second-order valence-corrected chi connectivity index (χ2v) is 6.31. The van der Waals surface area contributed by atoms with Crippen molar-refractivity contribution in [3.05, 3.63) is 34.3 Å². The van der Waals surface area contributed by atoms with Crippen molar-refractivity contribution in [3.8, 4) is 0 Å². The Hall–Kier alpha value is -0.870. The molecule has 2 N–H and O–H groups in total. The number of carbonyl (C=O) groups excluding carboxylic acids is 1. The first-order valence-electron chi connectivity index (χ1n) is 6.54. The third-order valence-electron chi connectivity index (χ3n) is 3.17. The summed E-state index contributed by atoms with van der Waals surface area (Å²) in [5.74, 6) is -0.152. The van der Waals surface area contributed by atoms with Crippen LogP contribution in [0, 0.1) is 5.41 Å². The highest BCUT2D eigenvalue weighted by atomic mass is 79.9. The van der Waals surface area contributed by atoms with Gasteiger partial charge < -0.3 is 10.5 Å². The molecular weight excluding hydrogens is 306 g/mol. The van der Waals surface area contributed by atoms with Crippen molar-refractivity contribution in [3.63, 3.8) is 0 Å². The van der Waals surface area contributed by atoms with E-state index in [0.717, 1.165) is 22.9 Å². The highest BCUT2D eigenvalue weighted by molar-refractivity contribution is 9.10. The van der Waals surface area contributed by atoms with Crippen LogP contribution < -0.4 is 5.73 Å². The van der Waals surface area contributed by atoms with E-state index in [2.05, 4.69) is 29.8 Å². The highest BCUT2D eigenvalue weighted by Crippen LogP contribution is 2.26. The topological polar surface area (TPSA) is 52.3 Å². The van der Waals surface area contributed by atoms with Crippen molar-refractivity contribution in [2.24, 2.45) is 11.1 Å². The average molecular weight is 328 g/mol. The van der Waals surface area contributed by atoms with Crippen molar-refractivity contribution in [2.75, 3.05) is 6.54 Å². The lowest BCUT2D eigenvalue weighted by atomic mass is 9.84. The van der Waals surface area contributed by atoms with E-state index in [1.807, 2.05) is 24.3 Å². The summed E-state index contributed by atoms with van der Waals surface area (Å²) < 4.78 is 6.25. The van der Waals surface area contributed by atoms with Crippen LogP contribution in [-0.4, -0.2) is 12.5 Å². The molecule has 19 heavy (non-hydrogen) atoms. The molecule has 0 aliphatic carbocycles. The van der Waals surface area contributed by atoms with Gasteiger partial charge in [0.05, 0.1) is 0 Å². The molecule has 0 radical (unpaired) electrons. The van der Waals surface area contributed by atoms with E-state index in [4.69, 9.17) is 10.5 Å². The molecule has 0 atom stereocenters. The smallest absolute Gasteiger partial charge is 0.306 e. The molecule has 0 bridgehead atoms. The molecule has 3 nitrogen and oxygen atoms in total. The van der Waals surface area contributed by atoms with E-state index in [1.165, 1.54) is 0 Å². The first-order chi connectivity index (χ1) is 8.94. The van der Waals surface area contributed by atoms with Crippen LogP contribution in [0.2, 0.25) is 0 Å². The quantitative estimate of drug-likeness (QED) is 0.778. The summed E-state index contributed by atoms with van der Waals surface area (Å²) in [5, 5.41) is 0. The standard InChI is InChI=1S/C15H22BrNO2/c1-15(2,9-10-17)8-7-14(18)19-11-12-5-3-4-6-13(12)16/h3-6H,7-11,17H2,1-2H3. The second-order valence-electron chi connectivity index (χ2n) is 5.45. The van der Waals surface area contributed by atoms with Gasteiger partial charge in [0, 0.05) is 16.5 Å². The Morgan fingerprint density at radius 2 is 2.00 bits per heavy atom. The minimum absolute atomic E-state index is 0.0983. The van der Waals surface area contributed by atoms with E-state index in [-0.39, 0.29) is 11.4 Å². The van der Waals surface area contributed by atoms with Crippen LogP contribution in [-0.2, 0) is 16.1 Å².